The summed E-state index contributed by atoms with van der Waals surface area (Å²) in [5.74, 6) is 0. The van der Waals surface area contributed by atoms with Gasteiger partial charge in [0.25, 0.3) is 0 Å². The molecule has 0 aromatic carbocycles. The molecule has 0 aliphatic heterocycles. The molecule has 0 saturated carbocycles. The number of pyridine rings is 2. The lowest BCUT2D eigenvalue weighted by molar-refractivity contribution is 0.112. The monoisotopic (exact) mass is 403 g/mol. The molecule has 0 N–H and O–H groups in total. The average Bonchev–Trinajstić information content (AvgIpc) is 2.52. The fraction of sp³-hybridized carbons (Fsp3) is 0.250. The van der Waals surface area contributed by atoms with Crippen molar-refractivity contribution in [2.24, 2.45) is 0 Å². The van der Waals surface area contributed by atoms with Crippen LogP contribution in [0.25, 0.3) is 0 Å². The van der Waals surface area contributed by atoms with Crippen molar-refractivity contribution < 1.29 is 4.79 Å². The number of nitrogens with zero attached hydrogens (tertiary/aromatic N) is 3. The number of aldehydes is 1. The van der Waals surface area contributed by atoms with E-state index in [1.165, 1.54) is 0 Å². The first-order valence-corrected chi connectivity index (χ1v) is 8.16. The largest absolute Gasteiger partial charge is 0.298 e. The summed E-state index contributed by atoms with van der Waals surface area (Å²) in [5, 5.41) is 10.1. The standard InChI is InChI=1S/C8H6Cl2N2.C8H7Cl2NO/c1-4-6(3-11)8(10)12-5(2)7(4)9;1-4-6(3-12)8(10)11-5(2)7(4)9/h1-2H3;3H,1-2H3. The maximum absolute atomic E-state index is 10.5. The highest BCUT2D eigenvalue weighted by Crippen LogP contribution is 2.26. The van der Waals surface area contributed by atoms with Crippen LogP contribution in [0.15, 0.2) is 0 Å². The van der Waals surface area contributed by atoms with Gasteiger partial charge in [-0.1, -0.05) is 46.4 Å². The zero-order chi connectivity index (χ0) is 18.6. The van der Waals surface area contributed by atoms with Crippen molar-refractivity contribution in [3.63, 3.8) is 0 Å². The number of rotatable bonds is 1. The van der Waals surface area contributed by atoms with E-state index in [0.29, 0.717) is 50.0 Å². The molecule has 2 aromatic rings. The van der Waals surface area contributed by atoms with Crippen LogP contribution in [0.5, 0.6) is 0 Å². The van der Waals surface area contributed by atoms with Crippen molar-refractivity contribution in [2.75, 3.05) is 0 Å². The number of carbonyl (C=O) groups is 1. The van der Waals surface area contributed by atoms with Crippen molar-refractivity contribution in [1.29, 1.82) is 5.26 Å². The normalized spacial score (nSPS) is 9.79. The third-order valence-electron chi connectivity index (χ3n) is 3.26. The summed E-state index contributed by atoms with van der Waals surface area (Å²) in [5.41, 5.74) is 3.39. The maximum atomic E-state index is 10.5. The quantitative estimate of drug-likeness (QED) is 0.451. The summed E-state index contributed by atoms with van der Waals surface area (Å²) in [6.07, 6.45) is 0.663. The van der Waals surface area contributed by atoms with Gasteiger partial charge in [-0.15, -0.1) is 0 Å². The predicted molar refractivity (Wildman–Crippen MR) is 97.6 cm³/mol. The SMILES string of the molecule is Cc1nc(Cl)c(C#N)c(C)c1Cl.Cc1nc(Cl)c(C=O)c(C)c1Cl. The van der Waals surface area contributed by atoms with Gasteiger partial charge in [-0.05, 0) is 38.8 Å². The van der Waals surface area contributed by atoms with E-state index in [1.807, 2.05) is 6.07 Å². The van der Waals surface area contributed by atoms with Gasteiger partial charge in [-0.3, -0.25) is 4.79 Å². The second kappa shape index (κ2) is 8.64. The van der Waals surface area contributed by atoms with Gasteiger partial charge in [0.2, 0.25) is 0 Å². The summed E-state index contributed by atoms with van der Waals surface area (Å²) in [7, 11) is 0. The highest BCUT2D eigenvalue weighted by molar-refractivity contribution is 6.35. The molecule has 0 radical (unpaired) electrons. The van der Waals surface area contributed by atoms with Gasteiger partial charge in [0.15, 0.2) is 6.29 Å². The number of nitriles is 1. The van der Waals surface area contributed by atoms with Crippen molar-refractivity contribution in [2.45, 2.75) is 27.7 Å². The first-order chi connectivity index (χ1) is 11.1. The molecule has 0 bridgehead atoms. The Morgan fingerprint density at radius 3 is 1.79 bits per heavy atom. The third kappa shape index (κ3) is 4.37. The van der Waals surface area contributed by atoms with Crippen LogP contribution in [0.4, 0.5) is 0 Å². The minimum atomic E-state index is 0.212. The zero-order valence-electron chi connectivity index (χ0n) is 13.3. The molecule has 2 aromatic heterocycles. The van der Waals surface area contributed by atoms with Gasteiger partial charge in [0.05, 0.1) is 32.6 Å². The number of aryl methyl sites for hydroxylation is 2. The third-order valence-corrected chi connectivity index (χ3v) is 4.94. The number of aromatic nitrogens is 2. The molecule has 0 spiro atoms. The van der Waals surface area contributed by atoms with E-state index in [4.69, 9.17) is 51.7 Å². The van der Waals surface area contributed by atoms with Crippen LogP contribution >= 0.6 is 46.4 Å². The molecular weight excluding hydrogens is 392 g/mol. The molecule has 2 rings (SSSR count). The molecule has 24 heavy (non-hydrogen) atoms. The van der Waals surface area contributed by atoms with Crippen molar-refractivity contribution in [3.8, 4) is 6.07 Å². The van der Waals surface area contributed by atoms with Gasteiger partial charge >= 0.3 is 0 Å². The lowest BCUT2D eigenvalue weighted by Crippen LogP contribution is -1.95. The summed E-state index contributed by atoms with van der Waals surface area (Å²) in [6.45, 7) is 6.99. The van der Waals surface area contributed by atoms with Crippen LogP contribution in [-0.2, 0) is 0 Å². The van der Waals surface area contributed by atoms with E-state index in [1.54, 1.807) is 27.7 Å². The molecular formula is C16H13Cl4N3O. The summed E-state index contributed by atoms with van der Waals surface area (Å²) in [4.78, 5) is 18.4. The Balaban J connectivity index is 0.000000240. The van der Waals surface area contributed by atoms with Crippen molar-refractivity contribution >= 4 is 52.7 Å². The molecule has 4 nitrogen and oxygen atoms in total. The number of halogens is 4. The minimum absolute atomic E-state index is 0.212. The average molecular weight is 405 g/mol. The summed E-state index contributed by atoms with van der Waals surface area (Å²) in [6, 6.07) is 1.95. The van der Waals surface area contributed by atoms with E-state index in [-0.39, 0.29) is 10.3 Å². The molecule has 0 aliphatic carbocycles. The molecule has 0 saturated heterocycles. The second-order valence-electron chi connectivity index (χ2n) is 4.87. The van der Waals surface area contributed by atoms with Crippen LogP contribution in [-0.4, -0.2) is 16.3 Å². The molecule has 2 heterocycles. The lowest BCUT2D eigenvalue weighted by atomic mass is 10.1. The Labute approximate surface area is 160 Å². The van der Waals surface area contributed by atoms with E-state index in [9.17, 15) is 4.79 Å². The van der Waals surface area contributed by atoms with Crippen LogP contribution in [0.3, 0.4) is 0 Å². The number of carbonyl (C=O) groups excluding carboxylic acids is 1. The van der Waals surface area contributed by atoms with Crippen LogP contribution in [0.2, 0.25) is 20.4 Å². The van der Waals surface area contributed by atoms with E-state index < -0.39 is 0 Å². The maximum Gasteiger partial charge on any atom is 0.153 e. The van der Waals surface area contributed by atoms with Crippen molar-refractivity contribution in [3.05, 3.63) is 54.0 Å². The van der Waals surface area contributed by atoms with Crippen LogP contribution in [0, 0.1) is 39.0 Å². The smallest absolute Gasteiger partial charge is 0.153 e. The lowest BCUT2D eigenvalue weighted by Gasteiger charge is -2.05. The Morgan fingerprint density at radius 1 is 0.875 bits per heavy atom. The van der Waals surface area contributed by atoms with Gasteiger partial charge in [-0.2, -0.15) is 5.26 Å². The Hall–Kier alpha value is -1.38. The molecule has 8 heteroatoms. The second-order valence-corrected chi connectivity index (χ2v) is 6.34. The fourth-order valence-electron chi connectivity index (χ4n) is 1.86. The van der Waals surface area contributed by atoms with Crippen LogP contribution < -0.4 is 0 Å². The fourth-order valence-corrected chi connectivity index (χ4v) is 2.76. The van der Waals surface area contributed by atoms with E-state index >= 15 is 0 Å². The Bertz CT molecular complexity index is 845. The molecule has 0 aliphatic rings. The van der Waals surface area contributed by atoms with Gasteiger partial charge < -0.3 is 0 Å². The molecule has 0 fully saturated rings. The van der Waals surface area contributed by atoms with Crippen LogP contribution in [0.1, 0.15) is 38.4 Å². The van der Waals surface area contributed by atoms with E-state index in [2.05, 4.69) is 9.97 Å². The van der Waals surface area contributed by atoms with Crippen molar-refractivity contribution in [1.82, 2.24) is 9.97 Å². The summed E-state index contributed by atoms with van der Waals surface area (Å²) >= 11 is 23.1. The molecule has 0 atom stereocenters. The molecule has 0 amide bonds. The number of hydrogen-bond acceptors (Lipinski definition) is 4. The van der Waals surface area contributed by atoms with Gasteiger partial charge in [0.1, 0.15) is 16.4 Å². The zero-order valence-corrected chi connectivity index (χ0v) is 16.4. The first-order valence-electron chi connectivity index (χ1n) is 6.65. The highest BCUT2D eigenvalue weighted by Gasteiger charge is 2.11. The van der Waals surface area contributed by atoms with Gasteiger partial charge in [-0.25, -0.2) is 9.97 Å². The molecule has 0 unspecified atom stereocenters. The Kier molecular flexibility index (Phi) is 7.44. The van der Waals surface area contributed by atoms with Gasteiger partial charge in [0, 0.05) is 0 Å². The first kappa shape index (κ1) is 20.7. The molecule has 126 valence electrons. The Morgan fingerprint density at radius 2 is 1.33 bits per heavy atom. The predicted octanol–water partition coefficient (Wildman–Crippen LogP) is 5.69. The topological polar surface area (TPSA) is 66.6 Å². The minimum Gasteiger partial charge on any atom is -0.298 e. The number of hydrogen-bond donors (Lipinski definition) is 0. The van der Waals surface area contributed by atoms with E-state index in [0.717, 1.165) is 0 Å². The highest BCUT2D eigenvalue weighted by atomic mass is 35.5. The summed E-state index contributed by atoms with van der Waals surface area (Å²) < 4.78 is 0.